The molecule has 4 rings (SSSR count). The molecule has 31 heavy (non-hydrogen) atoms. The van der Waals surface area contributed by atoms with E-state index < -0.39 is 10.0 Å². The molecular weight excluding hydrogens is 416 g/mol. The van der Waals surface area contributed by atoms with Gasteiger partial charge in [-0.3, -0.25) is 4.79 Å². The van der Waals surface area contributed by atoms with Gasteiger partial charge in [-0.25, -0.2) is 8.42 Å². The highest BCUT2D eigenvalue weighted by atomic mass is 32.2. The van der Waals surface area contributed by atoms with E-state index in [4.69, 9.17) is 9.47 Å². The molecule has 3 aliphatic rings. The third-order valence-corrected chi connectivity index (χ3v) is 8.79. The minimum Gasteiger partial charge on any atom is -0.486 e. The molecule has 1 saturated carbocycles. The average Bonchev–Trinajstić information content (AvgIpc) is 3.24. The van der Waals surface area contributed by atoms with E-state index in [0.29, 0.717) is 62.6 Å². The van der Waals surface area contributed by atoms with Gasteiger partial charge in [-0.2, -0.15) is 4.31 Å². The number of fused-ring (bicyclic) bond motifs is 1. The Morgan fingerprint density at radius 1 is 1.10 bits per heavy atom. The van der Waals surface area contributed by atoms with Gasteiger partial charge in [0.05, 0.1) is 4.90 Å². The van der Waals surface area contributed by atoms with Gasteiger partial charge >= 0.3 is 0 Å². The number of nitrogens with zero attached hydrogens (tertiary/aromatic N) is 1. The summed E-state index contributed by atoms with van der Waals surface area (Å²) in [4.78, 5) is 13.1. The summed E-state index contributed by atoms with van der Waals surface area (Å²) in [5.41, 5.74) is 0. The van der Waals surface area contributed by atoms with Crippen molar-refractivity contribution in [3.05, 3.63) is 18.2 Å². The van der Waals surface area contributed by atoms with Gasteiger partial charge in [0.25, 0.3) is 0 Å². The molecule has 0 aromatic heterocycles. The Kier molecular flexibility index (Phi) is 7.06. The molecule has 1 N–H and O–H groups in total. The van der Waals surface area contributed by atoms with Crippen molar-refractivity contribution in [2.24, 2.45) is 11.8 Å². The molecular formula is C23H34N2O5S. The first-order valence-electron chi connectivity index (χ1n) is 11.7. The summed E-state index contributed by atoms with van der Waals surface area (Å²) in [6.07, 6.45) is 8.17. The zero-order chi connectivity index (χ0) is 21.8. The number of rotatable bonds is 7. The van der Waals surface area contributed by atoms with E-state index in [0.717, 1.165) is 6.42 Å². The van der Waals surface area contributed by atoms with Crippen LogP contribution >= 0.6 is 0 Å². The molecule has 2 atom stereocenters. The van der Waals surface area contributed by atoms with Crippen LogP contribution in [0.2, 0.25) is 0 Å². The van der Waals surface area contributed by atoms with E-state index in [2.05, 4.69) is 12.2 Å². The largest absolute Gasteiger partial charge is 0.486 e. The highest BCUT2D eigenvalue weighted by Crippen LogP contribution is 2.34. The molecule has 8 heteroatoms. The Morgan fingerprint density at radius 3 is 2.58 bits per heavy atom. The maximum Gasteiger partial charge on any atom is 0.243 e. The molecule has 0 bridgehead atoms. The number of hydrogen-bond donors (Lipinski definition) is 1. The molecule has 2 fully saturated rings. The van der Waals surface area contributed by atoms with Gasteiger partial charge in [0.1, 0.15) is 13.2 Å². The zero-order valence-corrected chi connectivity index (χ0v) is 19.2. The second-order valence-corrected chi connectivity index (χ2v) is 10.9. The van der Waals surface area contributed by atoms with Crippen LogP contribution in [0.4, 0.5) is 0 Å². The zero-order valence-electron chi connectivity index (χ0n) is 18.3. The number of sulfonamides is 1. The molecule has 1 saturated heterocycles. The van der Waals surface area contributed by atoms with E-state index >= 15 is 0 Å². The summed E-state index contributed by atoms with van der Waals surface area (Å²) in [6.45, 7) is 3.80. The van der Waals surface area contributed by atoms with Crippen molar-refractivity contribution >= 4 is 15.9 Å². The van der Waals surface area contributed by atoms with E-state index in [9.17, 15) is 13.2 Å². The van der Waals surface area contributed by atoms with Crippen LogP contribution < -0.4 is 14.8 Å². The second-order valence-electron chi connectivity index (χ2n) is 8.93. The maximum atomic E-state index is 13.1. The summed E-state index contributed by atoms with van der Waals surface area (Å²) >= 11 is 0. The third kappa shape index (κ3) is 5.00. The molecule has 1 aliphatic carbocycles. The molecule has 2 aliphatic heterocycles. The molecule has 1 amide bonds. The van der Waals surface area contributed by atoms with Gasteiger partial charge in [0.2, 0.25) is 15.9 Å². The van der Waals surface area contributed by atoms with Crippen molar-refractivity contribution < 1.29 is 22.7 Å². The van der Waals surface area contributed by atoms with Crippen LogP contribution in [0.1, 0.15) is 58.3 Å². The summed E-state index contributed by atoms with van der Waals surface area (Å²) in [5.74, 6) is 1.63. The van der Waals surface area contributed by atoms with Crippen LogP contribution in [-0.4, -0.2) is 51.0 Å². The van der Waals surface area contributed by atoms with E-state index in [1.807, 2.05) is 0 Å². The fourth-order valence-electron chi connectivity index (χ4n) is 5.03. The molecule has 1 aromatic rings. The SMILES string of the molecule is CCCCC1CCCC1NC(=O)C1CCN(S(=O)(=O)c2ccc3c(c2)OCCO3)CC1. The predicted octanol–water partition coefficient (Wildman–Crippen LogP) is 3.33. The molecule has 2 heterocycles. The van der Waals surface area contributed by atoms with Crippen LogP contribution in [0.25, 0.3) is 0 Å². The fraction of sp³-hybridized carbons (Fsp3) is 0.696. The Bertz CT molecular complexity index is 880. The van der Waals surface area contributed by atoms with Crippen LogP contribution in [0.15, 0.2) is 23.1 Å². The lowest BCUT2D eigenvalue weighted by Crippen LogP contribution is -2.46. The minimum atomic E-state index is -3.62. The number of carbonyl (C=O) groups excluding carboxylic acids is 1. The summed E-state index contributed by atoms with van der Waals surface area (Å²) in [7, 11) is -3.62. The first-order valence-corrected chi connectivity index (χ1v) is 13.1. The molecule has 1 aromatic carbocycles. The van der Waals surface area contributed by atoms with Crippen molar-refractivity contribution in [1.82, 2.24) is 9.62 Å². The van der Waals surface area contributed by atoms with Crippen LogP contribution in [0.3, 0.4) is 0 Å². The van der Waals surface area contributed by atoms with Gasteiger partial charge in [0, 0.05) is 31.1 Å². The average molecular weight is 451 g/mol. The first-order chi connectivity index (χ1) is 15.0. The van der Waals surface area contributed by atoms with Crippen molar-refractivity contribution in [2.45, 2.75) is 69.2 Å². The number of benzene rings is 1. The van der Waals surface area contributed by atoms with Crippen LogP contribution in [0, 0.1) is 11.8 Å². The highest BCUT2D eigenvalue weighted by Gasteiger charge is 2.35. The Labute approximate surface area is 185 Å². The van der Waals surface area contributed by atoms with E-state index in [-0.39, 0.29) is 16.7 Å². The predicted molar refractivity (Wildman–Crippen MR) is 118 cm³/mol. The van der Waals surface area contributed by atoms with Gasteiger partial charge < -0.3 is 14.8 Å². The molecule has 0 spiro atoms. The smallest absolute Gasteiger partial charge is 0.243 e. The molecule has 2 unspecified atom stereocenters. The summed E-state index contributed by atoms with van der Waals surface area (Å²) < 4.78 is 38.7. The lowest BCUT2D eigenvalue weighted by atomic mass is 9.94. The van der Waals surface area contributed by atoms with Crippen molar-refractivity contribution in [3.63, 3.8) is 0 Å². The van der Waals surface area contributed by atoms with Crippen molar-refractivity contribution in [2.75, 3.05) is 26.3 Å². The standard InChI is InChI=1S/C23H34N2O5S/c1-2-3-5-17-6-4-7-20(17)24-23(26)18-10-12-25(13-11-18)31(27,28)19-8-9-21-22(16-19)30-15-14-29-21/h8-9,16-18,20H,2-7,10-15H2,1H3,(H,24,26). The number of ether oxygens (including phenoxy) is 2. The number of unbranched alkanes of at least 4 members (excludes halogenated alkanes) is 1. The van der Waals surface area contributed by atoms with Crippen LogP contribution in [-0.2, 0) is 14.8 Å². The number of amides is 1. The Balaban J connectivity index is 1.33. The van der Waals surface area contributed by atoms with Gasteiger partial charge in [-0.15, -0.1) is 0 Å². The van der Waals surface area contributed by atoms with E-state index in [1.165, 1.54) is 36.4 Å². The van der Waals surface area contributed by atoms with Crippen molar-refractivity contribution in [1.29, 1.82) is 0 Å². The quantitative estimate of drug-likeness (QED) is 0.689. The lowest BCUT2D eigenvalue weighted by molar-refractivity contribution is -0.127. The number of hydrogen-bond acceptors (Lipinski definition) is 5. The van der Waals surface area contributed by atoms with Crippen LogP contribution in [0.5, 0.6) is 11.5 Å². The number of carbonyl (C=O) groups is 1. The monoisotopic (exact) mass is 450 g/mol. The third-order valence-electron chi connectivity index (χ3n) is 6.89. The molecule has 172 valence electrons. The number of nitrogens with one attached hydrogen (secondary N) is 1. The normalized spacial score (nSPS) is 24.8. The van der Waals surface area contributed by atoms with Gasteiger partial charge in [-0.1, -0.05) is 26.2 Å². The summed E-state index contributed by atoms with van der Waals surface area (Å²) in [6, 6.07) is 5.05. The first kappa shape index (κ1) is 22.4. The molecule has 0 radical (unpaired) electrons. The number of piperidine rings is 1. The Hall–Kier alpha value is -1.80. The maximum absolute atomic E-state index is 13.1. The topological polar surface area (TPSA) is 84.9 Å². The summed E-state index contributed by atoms with van der Waals surface area (Å²) in [5, 5.41) is 3.29. The lowest BCUT2D eigenvalue weighted by Gasteiger charge is -2.32. The Morgan fingerprint density at radius 2 is 1.84 bits per heavy atom. The second kappa shape index (κ2) is 9.77. The van der Waals surface area contributed by atoms with Gasteiger partial charge in [-0.05, 0) is 50.2 Å². The fourth-order valence-corrected chi connectivity index (χ4v) is 6.52. The minimum absolute atomic E-state index is 0.102. The van der Waals surface area contributed by atoms with Crippen molar-refractivity contribution in [3.8, 4) is 11.5 Å². The van der Waals surface area contributed by atoms with Gasteiger partial charge in [0.15, 0.2) is 11.5 Å². The highest BCUT2D eigenvalue weighted by molar-refractivity contribution is 7.89. The molecule has 7 nitrogen and oxygen atoms in total. The van der Waals surface area contributed by atoms with E-state index in [1.54, 1.807) is 18.2 Å².